The van der Waals surface area contributed by atoms with Gasteiger partial charge in [0.05, 0.1) is 11.5 Å². The van der Waals surface area contributed by atoms with Crippen molar-refractivity contribution in [1.82, 2.24) is 14.9 Å². The van der Waals surface area contributed by atoms with E-state index in [0.717, 1.165) is 18.1 Å². The number of benzene rings is 1. The molecule has 2 N–H and O–H groups in total. The lowest BCUT2D eigenvalue weighted by Crippen LogP contribution is -2.72. The van der Waals surface area contributed by atoms with Gasteiger partial charge in [-0.25, -0.2) is 13.1 Å². The van der Waals surface area contributed by atoms with Gasteiger partial charge in [0.2, 0.25) is 10.0 Å². The van der Waals surface area contributed by atoms with Crippen molar-refractivity contribution in [2.24, 2.45) is 10.4 Å². The second-order valence-electron chi connectivity index (χ2n) is 7.97. The van der Waals surface area contributed by atoms with Crippen LogP contribution in [0.25, 0.3) is 0 Å². The summed E-state index contributed by atoms with van der Waals surface area (Å²) in [6.07, 6.45) is 0. The summed E-state index contributed by atoms with van der Waals surface area (Å²) in [4.78, 5) is 6.89. The monoisotopic (exact) mass is 524 g/mol. The normalized spacial score (nSPS) is 18.2. The number of hydrogen-bond acceptors (Lipinski definition) is 4. The minimum atomic E-state index is -3.54. The molecule has 0 saturated carbocycles. The van der Waals surface area contributed by atoms with E-state index in [2.05, 4.69) is 47.6 Å². The van der Waals surface area contributed by atoms with Crippen LogP contribution in [-0.4, -0.2) is 58.7 Å². The van der Waals surface area contributed by atoms with E-state index in [-0.39, 0.29) is 46.4 Å². The summed E-state index contributed by atoms with van der Waals surface area (Å²) in [7, 11) is -0.237. The van der Waals surface area contributed by atoms with Crippen LogP contribution in [0, 0.1) is 5.41 Å². The van der Waals surface area contributed by atoms with Crippen LogP contribution in [0.5, 0.6) is 0 Å². The first-order valence-corrected chi connectivity index (χ1v) is 10.6. The number of hydrogen-bond donors (Lipinski definition) is 2. The molecule has 0 atom stereocenters. The first kappa shape index (κ1) is 25.1. The van der Waals surface area contributed by atoms with E-state index >= 15 is 0 Å². The SMILES string of the molecule is CN=C(NCc1cccc(S(=O)(=O)NCCOC)c1)N1CC(C)(C)C1(C)C.I. The fourth-order valence-electron chi connectivity index (χ4n) is 3.06. The van der Waals surface area contributed by atoms with Crippen LogP contribution in [0.3, 0.4) is 0 Å². The van der Waals surface area contributed by atoms with Crippen molar-refractivity contribution in [2.75, 3.05) is 33.9 Å². The van der Waals surface area contributed by atoms with Crippen LogP contribution in [0.15, 0.2) is 34.2 Å². The van der Waals surface area contributed by atoms with E-state index in [1.807, 2.05) is 6.07 Å². The third-order valence-electron chi connectivity index (χ3n) is 5.61. The number of nitrogens with one attached hydrogen (secondary N) is 2. The van der Waals surface area contributed by atoms with Gasteiger partial charge in [0.1, 0.15) is 0 Å². The van der Waals surface area contributed by atoms with Crippen molar-refractivity contribution in [1.29, 1.82) is 0 Å². The van der Waals surface area contributed by atoms with E-state index in [9.17, 15) is 8.42 Å². The molecular formula is C19H33IN4O3S. The zero-order chi connectivity index (χ0) is 20.3. The highest BCUT2D eigenvalue weighted by molar-refractivity contribution is 14.0. The van der Waals surface area contributed by atoms with E-state index in [1.54, 1.807) is 25.2 Å². The topological polar surface area (TPSA) is 83.0 Å². The molecule has 0 aliphatic carbocycles. The molecule has 0 amide bonds. The molecule has 0 unspecified atom stereocenters. The zero-order valence-corrected chi connectivity index (χ0v) is 20.7. The number of ether oxygens (including phenoxy) is 1. The summed E-state index contributed by atoms with van der Waals surface area (Å²) in [5.74, 6) is 0.825. The maximum Gasteiger partial charge on any atom is 0.240 e. The van der Waals surface area contributed by atoms with Crippen LogP contribution in [0.2, 0.25) is 0 Å². The van der Waals surface area contributed by atoms with Gasteiger partial charge in [-0.2, -0.15) is 0 Å². The molecule has 7 nitrogen and oxygen atoms in total. The molecule has 1 aromatic carbocycles. The maximum atomic E-state index is 12.4. The third-order valence-corrected chi connectivity index (χ3v) is 7.07. The van der Waals surface area contributed by atoms with Gasteiger partial charge in [-0.05, 0) is 31.5 Å². The average Bonchev–Trinajstić information content (AvgIpc) is 2.61. The molecule has 1 fully saturated rings. The van der Waals surface area contributed by atoms with Gasteiger partial charge in [0.15, 0.2) is 5.96 Å². The summed E-state index contributed by atoms with van der Waals surface area (Å²) in [6.45, 7) is 10.9. The van der Waals surface area contributed by atoms with Crippen molar-refractivity contribution in [2.45, 2.75) is 44.7 Å². The second kappa shape index (κ2) is 9.73. The van der Waals surface area contributed by atoms with Crippen LogP contribution in [0.4, 0.5) is 0 Å². The molecule has 1 aromatic rings. The van der Waals surface area contributed by atoms with Crippen molar-refractivity contribution < 1.29 is 13.2 Å². The zero-order valence-electron chi connectivity index (χ0n) is 17.6. The van der Waals surface area contributed by atoms with Gasteiger partial charge in [-0.1, -0.05) is 26.0 Å². The lowest BCUT2D eigenvalue weighted by atomic mass is 9.65. The van der Waals surface area contributed by atoms with Gasteiger partial charge >= 0.3 is 0 Å². The smallest absolute Gasteiger partial charge is 0.240 e. The van der Waals surface area contributed by atoms with Crippen molar-refractivity contribution >= 4 is 40.0 Å². The first-order valence-electron chi connectivity index (χ1n) is 9.11. The molecule has 160 valence electrons. The summed E-state index contributed by atoms with van der Waals surface area (Å²) >= 11 is 0. The van der Waals surface area contributed by atoms with E-state index in [0.29, 0.717) is 13.2 Å². The van der Waals surface area contributed by atoms with Crippen molar-refractivity contribution in [3.05, 3.63) is 29.8 Å². The highest BCUT2D eigenvalue weighted by Crippen LogP contribution is 2.46. The number of sulfonamides is 1. The van der Waals surface area contributed by atoms with E-state index in [1.165, 1.54) is 7.11 Å². The van der Waals surface area contributed by atoms with Crippen molar-refractivity contribution in [3.8, 4) is 0 Å². The fourth-order valence-corrected chi connectivity index (χ4v) is 4.14. The van der Waals surface area contributed by atoms with E-state index < -0.39 is 10.0 Å². The third kappa shape index (κ3) is 5.37. The minimum absolute atomic E-state index is 0. The van der Waals surface area contributed by atoms with Crippen LogP contribution in [-0.2, 0) is 21.3 Å². The number of nitrogens with zero attached hydrogens (tertiary/aromatic N) is 2. The van der Waals surface area contributed by atoms with E-state index in [4.69, 9.17) is 4.74 Å². The summed E-state index contributed by atoms with van der Waals surface area (Å²) in [6, 6.07) is 6.93. The maximum absolute atomic E-state index is 12.4. The van der Waals surface area contributed by atoms with Crippen LogP contribution in [0.1, 0.15) is 33.3 Å². The Kier molecular flexibility index (Phi) is 8.73. The van der Waals surface area contributed by atoms with Crippen LogP contribution < -0.4 is 10.0 Å². The van der Waals surface area contributed by atoms with Gasteiger partial charge in [-0.15, -0.1) is 24.0 Å². The molecule has 0 spiro atoms. The van der Waals surface area contributed by atoms with Gasteiger partial charge < -0.3 is 15.0 Å². The molecule has 0 bridgehead atoms. The first-order chi connectivity index (χ1) is 12.5. The molecule has 1 saturated heterocycles. The molecule has 9 heteroatoms. The minimum Gasteiger partial charge on any atom is -0.383 e. The molecular weight excluding hydrogens is 491 g/mol. The molecule has 28 heavy (non-hydrogen) atoms. The number of halogens is 1. The predicted molar refractivity (Wildman–Crippen MR) is 124 cm³/mol. The standard InChI is InChI=1S/C19H32N4O3S.HI/c1-18(2)14-23(19(18,3)4)17(20-5)21-13-15-8-7-9-16(12-15)27(24,25)22-10-11-26-6;/h7-9,12,22H,10-11,13-14H2,1-6H3,(H,20,21);1H. The molecule has 1 heterocycles. The molecule has 1 aliphatic heterocycles. The Labute approximate surface area is 186 Å². The number of guanidine groups is 1. The largest absolute Gasteiger partial charge is 0.383 e. The summed E-state index contributed by atoms with van der Waals surface area (Å²) in [5, 5.41) is 3.35. The average molecular weight is 524 g/mol. The lowest BCUT2D eigenvalue weighted by Gasteiger charge is -2.62. The molecule has 0 aromatic heterocycles. The highest BCUT2D eigenvalue weighted by Gasteiger charge is 2.53. The molecule has 0 radical (unpaired) electrons. The summed E-state index contributed by atoms with van der Waals surface area (Å²) in [5.41, 5.74) is 1.10. The van der Waals surface area contributed by atoms with Gasteiger partial charge in [-0.3, -0.25) is 4.99 Å². The number of aliphatic imine (C=N–C) groups is 1. The van der Waals surface area contributed by atoms with Crippen LogP contribution >= 0.6 is 24.0 Å². The highest BCUT2D eigenvalue weighted by atomic mass is 127. The Morgan fingerprint density at radius 2 is 1.96 bits per heavy atom. The fraction of sp³-hybridized carbons (Fsp3) is 0.632. The Morgan fingerprint density at radius 3 is 2.50 bits per heavy atom. The number of likely N-dealkylation sites (tertiary alicyclic amines) is 1. The summed E-state index contributed by atoms with van der Waals surface area (Å²) < 4.78 is 32.1. The number of methoxy groups -OCH3 is 1. The number of rotatable bonds is 7. The van der Waals surface area contributed by atoms with Gasteiger partial charge in [0.25, 0.3) is 0 Å². The quantitative estimate of drug-likeness (QED) is 0.248. The Bertz CT molecular complexity index is 794. The molecule has 1 aliphatic rings. The second-order valence-corrected chi connectivity index (χ2v) is 9.73. The van der Waals surface area contributed by atoms with Crippen molar-refractivity contribution in [3.63, 3.8) is 0 Å². The Hall–Kier alpha value is -0.910. The Morgan fingerprint density at radius 1 is 1.29 bits per heavy atom. The Balaban J connectivity index is 0.00000392. The lowest BCUT2D eigenvalue weighted by molar-refractivity contribution is -0.0667. The molecule has 2 rings (SSSR count). The predicted octanol–water partition coefficient (Wildman–Crippen LogP) is 2.43. The van der Waals surface area contributed by atoms with Gasteiger partial charge in [0, 0.05) is 44.7 Å².